The Morgan fingerprint density at radius 2 is 0.821 bits per heavy atom. The average Bonchev–Trinajstić information content (AvgIpc) is 3.40. The zero-order valence-corrected chi connectivity index (χ0v) is 52.2. The molecule has 0 aromatic heterocycles. The summed E-state index contributed by atoms with van der Waals surface area (Å²) in [6, 6.07) is -0.909. The number of amides is 1. The molecule has 0 heterocycles. The van der Waals surface area contributed by atoms with Crippen molar-refractivity contribution < 1.29 is 37.3 Å². The zero-order chi connectivity index (χ0) is 57.2. The number of phosphoric ester groups is 1. The van der Waals surface area contributed by atoms with Crippen LogP contribution in [0.4, 0.5) is 0 Å². The molecule has 0 saturated heterocycles. The normalized spacial score (nSPS) is 14.3. The van der Waals surface area contributed by atoms with Crippen molar-refractivity contribution in [1.82, 2.24) is 5.32 Å². The van der Waals surface area contributed by atoms with Crippen molar-refractivity contribution in [3.63, 3.8) is 0 Å². The van der Waals surface area contributed by atoms with Gasteiger partial charge in [0.15, 0.2) is 0 Å². The van der Waals surface area contributed by atoms with Crippen LogP contribution >= 0.6 is 7.82 Å². The van der Waals surface area contributed by atoms with Crippen molar-refractivity contribution >= 4 is 19.7 Å². The molecular weight excluding hydrogens is 988 g/mol. The number of carbonyl (C=O) groups is 2. The predicted octanol–water partition coefficient (Wildman–Crippen LogP) is 19.3. The molecule has 0 aliphatic rings. The highest BCUT2D eigenvalue weighted by molar-refractivity contribution is 7.45. The van der Waals surface area contributed by atoms with Gasteiger partial charge in [-0.1, -0.05) is 247 Å². The maximum atomic E-state index is 13.5. The largest absolute Gasteiger partial charge is 0.756 e. The van der Waals surface area contributed by atoms with Crippen molar-refractivity contribution in [2.24, 2.45) is 0 Å². The van der Waals surface area contributed by atoms with Crippen LogP contribution in [-0.4, -0.2) is 69.4 Å². The Morgan fingerprint density at radius 3 is 1.24 bits per heavy atom. The first-order valence-electron chi connectivity index (χ1n) is 32.0. The monoisotopic (exact) mass is 1110 g/mol. The standard InChI is InChI=1S/C68H121N2O7P/c1-7-10-13-16-19-22-25-28-30-32-33-34-35-36-37-39-40-42-45-48-51-54-57-60-67(71)69-65(64-76-78(73,74)75-63-62-70(4,5)6)66(59-56-53-50-47-44-27-24-21-18-15-12-9-3)77-68(72)61-58-55-52-49-46-43-41-38-31-29-26-23-20-17-14-11-8-2/h10,13,19,22,28-31,33-34,36-37,40,42,56,59,65-66H,7-9,11-12,14-18,20-21,23-27,32,35,38-39,41,43-55,57-58,60-64H2,1-6H3,(H-,69,71,73,74)/b13-10-,22-19-,30-28-,31-29+,34-33-,37-36-,42-40-,59-56-. The van der Waals surface area contributed by atoms with Crippen molar-refractivity contribution in [3.8, 4) is 0 Å². The molecule has 0 aromatic rings. The molecule has 1 amide bonds. The Kier molecular flexibility index (Phi) is 54.9. The molecule has 1 N–H and O–H groups in total. The zero-order valence-electron chi connectivity index (χ0n) is 51.3. The highest BCUT2D eigenvalue weighted by atomic mass is 31.2. The highest BCUT2D eigenvalue weighted by Gasteiger charge is 2.27. The average molecular weight is 1110 g/mol. The molecule has 0 spiro atoms. The number of hydrogen-bond acceptors (Lipinski definition) is 7. The molecule has 0 aromatic carbocycles. The molecule has 0 radical (unpaired) electrons. The highest BCUT2D eigenvalue weighted by Crippen LogP contribution is 2.38. The molecule has 0 fully saturated rings. The maximum absolute atomic E-state index is 13.5. The number of ether oxygens (including phenoxy) is 1. The quantitative estimate of drug-likeness (QED) is 0.0212. The summed E-state index contributed by atoms with van der Waals surface area (Å²) >= 11 is 0. The topological polar surface area (TPSA) is 114 Å². The van der Waals surface area contributed by atoms with Crippen LogP contribution in [-0.2, 0) is 27.9 Å². The van der Waals surface area contributed by atoms with Crippen molar-refractivity contribution in [2.45, 2.75) is 283 Å². The summed E-state index contributed by atoms with van der Waals surface area (Å²) in [5, 5.41) is 3.02. The minimum absolute atomic E-state index is 0.0325. The van der Waals surface area contributed by atoms with Gasteiger partial charge in [0.05, 0.1) is 33.8 Å². The van der Waals surface area contributed by atoms with E-state index in [1.165, 1.54) is 116 Å². The van der Waals surface area contributed by atoms with Crippen LogP contribution in [0.3, 0.4) is 0 Å². The SMILES string of the molecule is CC/C=C\C/C=C\C/C=C\C/C=C\C/C=C\C/C=C\CCCCCCC(=O)NC(COP(=O)([O-])OCC[N+](C)(C)C)C(/C=C\CCCCCCCCCCCC)OC(=O)CCCCCCCCC/C=C/CCCCCCCC. The third-order valence-corrected chi connectivity index (χ3v) is 14.7. The number of nitrogens with one attached hydrogen (secondary N) is 1. The Balaban J connectivity index is 5.28. The number of rotatable bonds is 57. The number of unbranched alkanes of at least 4 members (excludes halogenated alkanes) is 27. The summed E-state index contributed by atoms with van der Waals surface area (Å²) in [7, 11) is 1.15. The smallest absolute Gasteiger partial charge is 0.306 e. The van der Waals surface area contributed by atoms with Gasteiger partial charge in [0, 0.05) is 12.8 Å². The predicted molar refractivity (Wildman–Crippen MR) is 334 cm³/mol. The molecule has 0 aliphatic heterocycles. The van der Waals surface area contributed by atoms with Gasteiger partial charge < -0.3 is 28.5 Å². The fraction of sp³-hybridized carbons (Fsp3) is 0.735. The fourth-order valence-corrected chi connectivity index (χ4v) is 9.54. The van der Waals surface area contributed by atoms with Crippen LogP contribution in [0.25, 0.3) is 0 Å². The van der Waals surface area contributed by atoms with Gasteiger partial charge in [-0.3, -0.25) is 14.2 Å². The summed E-state index contributed by atoms with van der Waals surface area (Å²) in [4.78, 5) is 40.0. The van der Waals surface area contributed by atoms with E-state index in [2.05, 4.69) is 111 Å². The van der Waals surface area contributed by atoms with E-state index in [1.807, 2.05) is 33.3 Å². The molecule has 450 valence electrons. The molecule has 0 rings (SSSR count). The summed E-state index contributed by atoms with van der Waals surface area (Å²) in [5.74, 6) is -0.576. The molecule has 10 heteroatoms. The number of nitrogens with zero attached hydrogens (tertiary/aromatic N) is 1. The Morgan fingerprint density at radius 1 is 0.462 bits per heavy atom. The van der Waals surface area contributed by atoms with Crippen LogP contribution < -0.4 is 10.2 Å². The third kappa shape index (κ3) is 57.6. The van der Waals surface area contributed by atoms with E-state index in [0.29, 0.717) is 17.4 Å². The van der Waals surface area contributed by atoms with Gasteiger partial charge in [0.25, 0.3) is 7.82 Å². The molecule has 9 nitrogen and oxygen atoms in total. The number of phosphoric acid groups is 1. The number of quaternary nitrogens is 1. The van der Waals surface area contributed by atoms with Crippen molar-refractivity contribution in [2.75, 3.05) is 40.9 Å². The van der Waals surface area contributed by atoms with E-state index in [0.717, 1.165) is 116 Å². The van der Waals surface area contributed by atoms with Gasteiger partial charge in [0.2, 0.25) is 5.91 Å². The van der Waals surface area contributed by atoms with Crippen LogP contribution in [0.2, 0.25) is 0 Å². The lowest BCUT2D eigenvalue weighted by Gasteiger charge is -2.30. The molecule has 0 bridgehead atoms. The Labute approximate surface area is 481 Å². The molecular formula is C68H121N2O7P. The lowest BCUT2D eigenvalue weighted by atomic mass is 10.0. The first kappa shape index (κ1) is 74.9. The number of carbonyl (C=O) groups excluding carboxylic acids is 2. The first-order valence-corrected chi connectivity index (χ1v) is 33.5. The second-order valence-corrected chi connectivity index (χ2v) is 23.9. The van der Waals surface area contributed by atoms with E-state index >= 15 is 0 Å². The Bertz CT molecular complexity index is 1660. The van der Waals surface area contributed by atoms with Crippen LogP contribution in [0.5, 0.6) is 0 Å². The minimum Gasteiger partial charge on any atom is -0.756 e. The van der Waals surface area contributed by atoms with Gasteiger partial charge in [0.1, 0.15) is 19.3 Å². The van der Waals surface area contributed by atoms with Gasteiger partial charge in [-0.2, -0.15) is 0 Å². The third-order valence-electron chi connectivity index (χ3n) is 13.7. The van der Waals surface area contributed by atoms with Gasteiger partial charge in [-0.15, -0.1) is 0 Å². The van der Waals surface area contributed by atoms with Crippen LogP contribution in [0.1, 0.15) is 271 Å². The number of likely N-dealkylation sites (N-methyl/N-ethyl adjacent to an activating group) is 1. The van der Waals surface area contributed by atoms with E-state index in [4.69, 9.17) is 13.8 Å². The van der Waals surface area contributed by atoms with Crippen LogP contribution in [0, 0.1) is 0 Å². The minimum atomic E-state index is -4.71. The van der Waals surface area contributed by atoms with Gasteiger partial charge >= 0.3 is 5.97 Å². The molecule has 0 saturated carbocycles. The second kappa shape index (κ2) is 57.2. The number of hydrogen-bond donors (Lipinski definition) is 1. The van der Waals surface area contributed by atoms with Crippen molar-refractivity contribution in [1.29, 1.82) is 0 Å². The van der Waals surface area contributed by atoms with E-state index in [-0.39, 0.29) is 31.3 Å². The molecule has 3 atom stereocenters. The number of esters is 1. The second-order valence-electron chi connectivity index (χ2n) is 22.5. The lowest BCUT2D eigenvalue weighted by Crippen LogP contribution is -2.47. The van der Waals surface area contributed by atoms with Gasteiger partial charge in [-0.05, 0) is 109 Å². The first-order chi connectivity index (χ1) is 37.9. The molecule has 78 heavy (non-hydrogen) atoms. The maximum Gasteiger partial charge on any atom is 0.306 e. The lowest BCUT2D eigenvalue weighted by molar-refractivity contribution is -0.870. The van der Waals surface area contributed by atoms with E-state index in [9.17, 15) is 19.0 Å². The van der Waals surface area contributed by atoms with E-state index < -0.39 is 26.6 Å². The van der Waals surface area contributed by atoms with E-state index in [1.54, 1.807) is 0 Å². The summed E-state index contributed by atoms with van der Waals surface area (Å²) in [5.41, 5.74) is 0. The summed E-state index contributed by atoms with van der Waals surface area (Å²) in [6.07, 6.45) is 76.6. The Hall–Kier alpha value is -3.07. The van der Waals surface area contributed by atoms with Crippen LogP contribution in [0.15, 0.2) is 97.2 Å². The molecule has 0 aliphatic carbocycles. The van der Waals surface area contributed by atoms with Gasteiger partial charge in [-0.25, -0.2) is 0 Å². The number of allylic oxidation sites excluding steroid dienone is 15. The molecule has 3 unspecified atom stereocenters. The van der Waals surface area contributed by atoms with Crippen molar-refractivity contribution in [3.05, 3.63) is 97.2 Å². The summed E-state index contributed by atoms with van der Waals surface area (Å²) < 4.78 is 30.3. The fourth-order valence-electron chi connectivity index (χ4n) is 8.81. The summed E-state index contributed by atoms with van der Waals surface area (Å²) in [6.45, 7) is 6.70.